The van der Waals surface area contributed by atoms with Crippen molar-refractivity contribution in [2.45, 2.75) is 24.9 Å². The van der Waals surface area contributed by atoms with Crippen molar-refractivity contribution in [2.24, 2.45) is 5.92 Å². The average Bonchev–Trinajstić information content (AvgIpc) is 3.54. The Hall–Kier alpha value is -3.63. The number of hydrogen-bond acceptors (Lipinski definition) is 7. The van der Waals surface area contributed by atoms with Gasteiger partial charge in [-0.15, -0.1) is 12.4 Å². The first-order valence-corrected chi connectivity index (χ1v) is 10.8. The third kappa shape index (κ3) is 3.74. The topological polar surface area (TPSA) is 124 Å². The van der Waals surface area contributed by atoms with E-state index in [9.17, 15) is 9.18 Å². The number of anilines is 2. The number of carbonyl (C=O) groups is 1. The first-order chi connectivity index (χ1) is 16.1. The van der Waals surface area contributed by atoms with Gasteiger partial charge in [0.2, 0.25) is 0 Å². The molecule has 4 N–H and O–H groups in total. The standard InChI is InChI=1S/C23H21FN8O.ClH/c24-15-5-6-26-18(9-15)30-23(33)14-3-1-13(2-4-14)20-19-21(25)28-11-29-22(19)32(31-20)17-8-12-7-16(17)27-10-12;/h1-6,9,11-12,16-17,27H,7-8,10H2,(H2,25,28,29)(H,26,30,33);1H. The van der Waals surface area contributed by atoms with Gasteiger partial charge in [0.25, 0.3) is 5.91 Å². The minimum Gasteiger partial charge on any atom is -0.383 e. The summed E-state index contributed by atoms with van der Waals surface area (Å²) < 4.78 is 15.3. The van der Waals surface area contributed by atoms with Crippen LogP contribution in [0.25, 0.3) is 22.3 Å². The third-order valence-corrected chi connectivity index (χ3v) is 6.51. The van der Waals surface area contributed by atoms with Crippen LogP contribution in [-0.2, 0) is 0 Å². The van der Waals surface area contributed by atoms with E-state index in [1.807, 2.05) is 16.8 Å². The molecule has 6 rings (SSSR count). The van der Waals surface area contributed by atoms with E-state index >= 15 is 0 Å². The van der Waals surface area contributed by atoms with E-state index in [-0.39, 0.29) is 30.2 Å². The Balaban J connectivity index is 0.00000241. The maximum Gasteiger partial charge on any atom is 0.256 e. The van der Waals surface area contributed by atoms with Gasteiger partial charge < -0.3 is 16.4 Å². The number of fused-ring (bicyclic) bond motifs is 3. The minimum atomic E-state index is -0.469. The molecule has 2 fully saturated rings. The van der Waals surface area contributed by atoms with Gasteiger partial charge in [-0.25, -0.2) is 24.0 Å². The normalized spacial score (nSPS) is 20.9. The highest BCUT2D eigenvalue weighted by Crippen LogP contribution is 2.41. The summed E-state index contributed by atoms with van der Waals surface area (Å²) in [6.45, 7) is 1.05. The molecule has 1 saturated carbocycles. The second-order valence-corrected chi connectivity index (χ2v) is 8.56. The highest BCUT2D eigenvalue weighted by Gasteiger charge is 2.42. The number of nitrogens with zero attached hydrogens (tertiary/aromatic N) is 5. The maximum atomic E-state index is 13.4. The monoisotopic (exact) mass is 480 g/mol. The average molecular weight is 481 g/mol. The number of amides is 1. The van der Waals surface area contributed by atoms with Gasteiger partial charge in [0.05, 0.1) is 11.4 Å². The smallest absolute Gasteiger partial charge is 0.256 e. The second-order valence-electron chi connectivity index (χ2n) is 8.56. The van der Waals surface area contributed by atoms with E-state index < -0.39 is 5.82 Å². The number of benzene rings is 1. The molecule has 4 aromatic rings. The molecule has 3 atom stereocenters. The molecule has 1 aromatic carbocycles. The molecule has 1 aliphatic carbocycles. The Morgan fingerprint density at radius 3 is 2.68 bits per heavy atom. The van der Waals surface area contributed by atoms with Crippen LogP contribution in [0, 0.1) is 11.7 Å². The molecule has 2 aliphatic rings. The summed E-state index contributed by atoms with van der Waals surface area (Å²) in [5, 5.41) is 11.8. The van der Waals surface area contributed by atoms with Crippen LogP contribution in [0.5, 0.6) is 0 Å². The highest BCUT2D eigenvalue weighted by molar-refractivity contribution is 6.04. The quantitative estimate of drug-likeness (QED) is 0.409. The van der Waals surface area contributed by atoms with E-state index in [1.54, 1.807) is 12.1 Å². The fraction of sp³-hybridized carbons (Fsp3) is 0.261. The lowest BCUT2D eigenvalue weighted by molar-refractivity contribution is 0.102. The van der Waals surface area contributed by atoms with Crippen LogP contribution >= 0.6 is 12.4 Å². The number of hydrogen-bond donors (Lipinski definition) is 3. The van der Waals surface area contributed by atoms with Gasteiger partial charge in [0.1, 0.15) is 29.5 Å². The van der Waals surface area contributed by atoms with Crippen LogP contribution < -0.4 is 16.4 Å². The second kappa shape index (κ2) is 8.62. The number of aromatic nitrogens is 5. The van der Waals surface area contributed by atoms with Crippen LogP contribution in [0.2, 0.25) is 0 Å². The van der Waals surface area contributed by atoms with Gasteiger partial charge in [-0.3, -0.25) is 4.79 Å². The summed E-state index contributed by atoms with van der Waals surface area (Å²) in [7, 11) is 0. The Kier molecular flexibility index (Phi) is 5.62. The Morgan fingerprint density at radius 2 is 1.97 bits per heavy atom. The van der Waals surface area contributed by atoms with E-state index in [2.05, 4.69) is 25.6 Å². The van der Waals surface area contributed by atoms with Gasteiger partial charge in [0, 0.05) is 29.4 Å². The van der Waals surface area contributed by atoms with Crippen molar-refractivity contribution < 1.29 is 9.18 Å². The Labute approximate surface area is 200 Å². The zero-order valence-corrected chi connectivity index (χ0v) is 18.8. The molecule has 11 heteroatoms. The summed E-state index contributed by atoms with van der Waals surface area (Å²) >= 11 is 0. The van der Waals surface area contributed by atoms with E-state index in [4.69, 9.17) is 10.8 Å². The van der Waals surface area contributed by atoms with Crippen molar-refractivity contribution >= 4 is 41.0 Å². The van der Waals surface area contributed by atoms with E-state index in [0.717, 1.165) is 30.6 Å². The fourth-order valence-corrected chi connectivity index (χ4v) is 4.96. The minimum absolute atomic E-state index is 0. The largest absolute Gasteiger partial charge is 0.383 e. The number of rotatable bonds is 4. The summed E-state index contributed by atoms with van der Waals surface area (Å²) in [4.78, 5) is 25.2. The SMILES string of the molecule is Cl.Nc1ncnc2c1c(-c1ccc(C(=O)Nc3cc(F)ccn3)cc1)nn2C1CC2CNC1C2. The Bertz CT molecular complexity index is 1380. The zero-order chi connectivity index (χ0) is 22.5. The lowest BCUT2D eigenvalue weighted by atomic mass is 10.1. The molecule has 0 radical (unpaired) electrons. The van der Waals surface area contributed by atoms with Gasteiger partial charge in [-0.05, 0) is 43.5 Å². The number of pyridine rings is 1. The summed E-state index contributed by atoms with van der Waals surface area (Å²) in [5.74, 6) is 0.330. The molecule has 3 unspecified atom stereocenters. The molecule has 1 saturated heterocycles. The first-order valence-electron chi connectivity index (χ1n) is 10.8. The first kappa shape index (κ1) is 22.2. The van der Waals surface area contributed by atoms with E-state index in [1.165, 1.54) is 24.7 Å². The van der Waals surface area contributed by atoms with Gasteiger partial charge >= 0.3 is 0 Å². The van der Waals surface area contributed by atoms with Gasteiger partial charge in [-0.2, -0.15) is 5.10 Å². The number of nitrogens with one attached hydrogen (secondary N) is 2. The highest BCUT2D eigenvalue weighted by atomic mass is 35.5. The van der Waals surface area contributed by atoms with Gasteiger partial charge in [0.15, 0.2) is 5.65 Å². The summed E-state index contributed by atoms with van der Waals surface area (Å²) in [6.07, 6.45) is 4.97. The molecular formula is C23H22ClFN8O. The number of nitrogens with two attached hydrogens (primary N) is 1. The van der Waals surface area contributed by atoms with Crippen molar-refractivity contribution in [3.05, 3.63) is 60.3 Å². The molecule has 9 nitrogen and oxygen atoms in total. The third-order valence-electron chi connectivity index (χ3n) is 6.51. The van der Waals surface area contributed by atoms with Crippen molar-refractivity contribution in [1.82, 2.24) is 30.0 Å². The molecule has 1 aliphatic heterocycles. The van der Waals surface area contributed by atoms with Crippen molar-refractivity contribution in [3.63, 3.8) is 0 Å². The number of halogens is 2. The van der Waals surface area contributed by atoms with Crippen molar-refractivity contribution in [2.75, 3.05) is 17.6 Å². The van der Waals surface area contributed by atoms with Crippen LogP contribution in [0.3, 0.4) is 0 Å². The molecule has 3 aromatic heterocycles. The molecule has 2 bridgehead atoms. The Morgan fingerprint density at radius 1 is 1.15 bits per heavy atom. The predicted molar refractivity (Wildman–Crippen MR) is 128 cm³/mol. The van der Waals surface area contributed by atoms with Crippen molar-refractivity contribution in [3.8, 4) is 11.3 Å². The molecule has 174 valence electrons. The molecule has 1 amide bonds. The lowest BCUT2D eigenvalue weighted by Crippen LogP contribution is -2.35. The zero-order valence-electron chi connectivity index (χ0n) is 18.0. The van der Waals surface area contributed by atoms with Crippen LogP contribution in [0.1, 0.15) is 29.2 Å². The summed E-state index contributed by atoms with van der Waals surface area (Å²) in [6, 6.07) is 9.98. The van der Waals surface area contributed by atoms with Gasteiger partial charge in [-0.1, -0.05) is 12.1 Å². The number of nitrogen functional groups attached to an aromatic ring is 1. The fourth-order valence-electron chi connectivity index (χ4n) is 4.96. The number of piperidine rings is 1. The molecule has 0 spiro atoms. The maximum absolute atomic E-state index is 13.4. The van der Waals surface area contributed by atoms with Crippen LogP contribution in [-0.4, -0.2) is 43.2 Å². The molecule has 34 heavy (non-hydrogen) atoms. The molecule has 4 heterocycles. The predicted octanol–water partition coefficient (Wildman–Crippen LogP) is 3.21. The van der Waals surface area contributed by atoms with Crippen LogP contribution in [0.15, 0.2) is 48.9 Å². The van der Waals surface area contributed by atoms with Crippen molar-refractivity contribution in [1.29, 1.82) is 0 Å². The number of carbonyl (C=O) groups excluding carboxylic acids is 1. The van der Waals surface area contributed by atoms with E-state index in [0.29, 0.717) is 34.4 Å². The van der Waals surface area contributed by atoms with Crippen LogP contribution in [0.4, 0.5) is 16.0 Å². The molecular weight excluding hydrogens is 459 g/mol. The lowest BCUT2D eigenvalue weighted by Gasteiger charge is -2.23. The summed E-state index contributed by atoms with van der Waals surface area (Å²) in [5.41, 5.74) is 8.85.